The van der Waals surface area contributed by atoms with Crippen LogP contribution in [-0.2, 0) is 6.54 Å². The molecule has 1 aromatic heterocycles. The van der Waals surface area contributed by atoms with Crippen LogP contribution in [-0.4, -0.2) is 16.3 Å². The van der Waals surface area contributed by atoms with E-state index in [0.717, 1.165) is 19.5 Å². The van der Waals surface area contributed by atoms with Crippen LogP contribution in [0.2, 0.25) is 0 Å². The summed E-state index contributed by atoms with van der Waals surface area (Å²) in [4.78, 5) is 0. The quantitative estimate of drug-likeness (QED) is 0.772. The lowest BCUT2D eigenvalue weighted by atomic mass is 9.96. The normalized spacial score (nSPS) is 12.8. The van der Waals surface area contributed by atoms with Crippen molar-refractivity contribution in [3.05, 3.63) is 54.4 Å². The number of nitrogens with one attached hydrogen (secondary N) is 1. The molecule has 2 rings (SSSR count). The molecule has 0 fully saturated rings. The summed E-state index contributed by atoms with van der Waals surface area (Å²) in [6.45, 7) is 6.51. The number of hydrogen-bond acceptors (Lipinski definition) is 2. The summed E-state index contributed by atoms with van der Waals surface area (Å²) in [5, 5.41) is 7.87. The van der Waals surface area contributed by atoms with Gasteiger partial charge in [-0.05, 0) is 30.5 Å². The van der Waals surface area contributed by atoms with E-state index in [4.69, 9.17) is 0 Å². The van der Waals surface area contributed by atoms with Gasteiger partial charge in [-0.15, -0.1) is 0 Å². The Hall–Kier alpha value is -1.61. The van der Waals surface area contributed by atoms with Crippen LogP contribution < -0.4 is 5.32 Å². The van der Waals surface area contributed by atoms with Gasteiger partial charge in [-0.3, -0.25) is 4.68 Å². The average molecular weight is 257 g/mol. The van der Waals surface area contributed by atoms with Crippen LogP contribution in [0.4, 0.5) is 0 Å². The van der Waals surface area contributed by atoms with Crippen LogP contribution in [0.15, 0.2) is 48.8 Å². The molecule has 0 spiro atoms. The first-order valence-electron chi connectivity index (χ1n) is 7.03. The molecular weight excluding hydrogens is 234 g/mol. The van der Waals surface area contributed by atoms with E-state index in [0.29, 0.717) is 12.0 Å². The molecule has 1 unspecified atom stereocenters. The zero-order valence-electron chi connectivity index (χ0n) is 11.8. The van der Waals surface area contributed by atoms with E-state index in [1.807, 2.05) is 23.1 Å². The van der Waals surface area contributed by atoms with Crippen molar-refractivity contribution in [2.75, 3.05) is 6.54 Å². The summed E-state index contributed by atoms with van der Waals surface area (Å²) in [5.74, 6) is 0.590. The Morgan fingerprint density at radius 2 is 1.95 bits per heavy atom. The number of aromatic nitrogens is 2. The van der Waals surface area contributed by atoms with Crippen LogP contribution in [0, 0.1) is 5.92 Å². The van der Waals surface area contributed by atoms with E-state index in [1.54, 1.807) is 0 Å². The second-order valence-electron chi connectivity index (χ2n) is 5.21. The maximum Gasteiger partial charge on any atom is 0.0489 e. The van der Waals surface area contributed by atoms with Gasteiger partial charge in [0.25, 0.3) is 0 Å². The SMILES string of the molecule is CC(C)C(NCCCn1cccn1)c1ccccc1. The molecule has 0 saturated carbocycles. The Balaban J connectivity index is 1.81. The van der Waals surface area contributed by atoms with Gasteiger partial charge in [0.05, 0.1) is 0 Å². The third-order valence-corrected chi connectivity index (χ3v) is 3.31. The minimum Gasteiger partial charge on any atom is -0.310 e. The maximum absolute atomic E-state index is 4.22. The Morgan fingerprint density at radius 1 is 1.16 bits per heavy atom. The Morgan fingerprint density at radius 3 is 2.58 bits per heavy atom. The predicted octanol–water partition coefficient (Wildman–Crippen LogP) is 3.26. The summed E-state index contributed by atoms with van der Waals surface area (Å²) in [5.41, 5.74) is 1.37. The predicted molar refractivity (Wildman–Crippen MR) is 78.9 cm³/mol. The topological polar surface area (TPSA) is 29.9 Å². The van der Waals surface area contributed by atoms with Crippen LogP contribution in [0.1, 0.15) is 31.9 Å². The van der Waals surface area contributed by atoms with E-state index in [1.165, 1.54) is 5.56 Å². The van der Waals surface area contributed by atoms with Crippen molar-refractivity contribution in [2.24, 2.45) is 5.92 Å². The summed E-state index contributed by atoms with van der Waals surface area (Å²) < 4.78 is 1.98. The Kier molecular flexibility index (Phi) is 5.16. The monoisotopic (exact) mass is 257 g/mol. The first-order valence-corrected chi connectivity index (χ1v) is 7.03. The lowest BCUT2D eigenvalue weighted by Crippen LogP contribution is -2.27. The fourth-order valence-corrected chi connectivity index (χ4v) is 2.33. The molecule has 1 atom stereocenters. The lowest BCUT2D eigenvalue weighted by molar-refractivity contribution is 0.400. The second-order valence-corrected chi connectivity index (χ2v) is 5.21. The molecule has 102 valence electrons. The number of benzene rings is 1. The third-order valence-electron chi connectivity index (χ3n) is 3.31. The lowest BCUT2D eigenvalue weighted by Gasteiger charge is -2.23. The van der Waals surface area contributed by atoms with Gasteiger partial charge >= 0.3 is 0 Å². The van der Waals surface area contributed by atoms with Gasteiger partial charge in [0.15, 0.2) is 0 Å². The highest BCUT2D eigenvalue weighted by molar-refractivity contribution is 5.19. The van der Waals surface area contributed by atoms with Crippen molar-refractivity contribution in [3.8, 4) is 0 Å². The number of hydrogen-bond donors (Lipinski definition) is 1. The molecule has 0 aliphatic heterocycles. The minimum atomic E-state index is 0.429. The minimum absolute atomic E-state index is 0.429. The van der Waals surface area contributed by atoms with E-state index in [-0.39, 0.29) is 0 Å². The van der Waals surface area contributed by atoms with Crippen LogP contribution in [0.3, 0.4) is 0 Å². The van der Waals surface area contributed by atoms with Crippen LogP contribution in [0.25, 0.3) is 0 Å². The van der Waals surface area contributed by atoms with Crippen molar-refractivity contribution >= 4 is 0 Å². The van der Waals surface area contributed by atoms with Crippen molar-refractivity contribution in [1.82, 2.24) is 15.1 Å². The molecule has 1 aromatic carbocycles. The fraction of sp³-hybridized carbons (Fsp3) is 0.438. The van der Waals surface area contributed by atoms with Crippen molar-refractivity contribution in [1.29, 1.82) is 0 Å². The van der Waals surface area contributed by atoms with Gasteiger partial charge in [0.1, 0.15) is 0 Å². The highest BCUT2D eigenvalue weighted by Gasteiger charge is 2.14. The van der Waals surface area contributed by atoms with Gasteiger partial charge in [-0.25, -0.2) is 0 Å². The number of aryl methyl sites for hydroxylation is 1. The second kappa shape index (κ2) is 7.10. The van der Waals surface area contributed by atoms with E-state index in [9.17, 15) is 0 Å². The van der Waals surface area contributed by atoms with Crippen LogP contribution in [0.5, 0.6) is 0 Å². The van der Waals surface area contributed by atoms with Crippen molar-refractivity contribution in [2.45, 2.75) is 32.9 Å². The van der Waals surface area contributed by atoms with Gasteiger partial charge in [0.2, 0.25) is 0 Å². The van der Waals surface area contributed by atoms with E-state index in [2.05, 4.69) is 54.6 Å². The number of nitrogens with zero attached hydrogens (tertiary/aromatic N) is 2. The summed E-state index contributed by atoms with van der Waals surface area (Å²) in [6, 6.07) is 13.1. The molecule has 0 aliphatic rings. The van der Waals surface area contributed by atoms with Gasteiger partial charge in [0, 0.05) is 25.0 Å². The molecule has 3 heteroatoms. The Bertz CT molecular complexity index is 448. The molecule has 2 aromatic rings. The van der Waals surface area contributed by atoms with Crippen molar-refractivity contribution in [3.63, 3.8) is 0 Å². The molecule has 3 nitrogen and oxygen atoms in total. The smallest absolute Gasteiger partial charge is 0.0489 e. The molecule has 0 amide bonds. The summed E-state index contributed by atoms with van der Waals surface area (Å²) in [6.07, 6.45) is 4.93. The molecule has 1 heterocycles. The molecule has 0 saturated heterocycles. The first-order chi connectivity index (χ1) is 9.27. The molecule has 0 radical (unpaired) electrons. The third kappa shape index (κ3) is 4.21. The standard InChI is InChI=1S/C16H23N3/c1-14(2)16(15-8-4-3-5-9-15)17-10-6-12-19-13-7-11-18-19/h3-5,7-9,11,13-14,16-17H,6,10,12H2,1-2H3. The van der Waals surface area contributed by atoms with Gasteiger partial charge < -0.3 is 5.32 Å². The fourth-order valence-electron chi connectivity index (χ4n) is 2.33. The molecule has 0 aliphatic carbocycles. The maximum atomic E-state index is 4.22. The Labute approximate surface area is 115 Å². The highest BCUT2D eigenvalue weighted by atomic mass is 15.3. The first kappa shape index (κ1) is 13.8. The van der Waals surface area contributed by atoms with E-state index >= 15 is 0 Å². The molecule has 19 heavy (non-hydrogen) atoms. The van der Waals surface area contributed by atoms with Crippen LogP contribution >= 0.6 is 0 Å². The number of rotatable bonds is 7. The summed E-state index contributed by atoms with van der Waals surface area (Å²) >= 11 is 0. The zero-order chi connectivity index (χ0) is 13.5. The van der Waals surface area contributed by atoms with Gasteiger partial charge in [-0.1, -0.05) is 44.2 Å². The van der Waals surface area contributed by atoms with E-state index < -0.39 is 0 Å². The molecule has 1 N–H and O–H groups in total. The average Bonchev–Trinajstić information content (AvgIpc) is 2.92. The molecular formula is C16H23N3. The van der Waals surface area contributed by atoms with Gasteiger partial charge in [-0.2, -0.15) is 5.10 Å². The highest BCUT2D eigenvalue weighted by Crippen LogP contribution is 2.20. The zero-order valence-corrected chi connectivity index (χ0v) is 11.8. The molecule has 0 bridgehead atoms. The summed E-state index contributed by atoms with van der Waals surface area (Å²) in [7, 11) is 0. The van der Waals surface area contributed by atoms with Crippen molar-refractivity contribution < 1.29 is 0 Å². The largest absolute Gasteiger partial charge is 0.310 e.